The molecule has 0 saturated heterocycles. The van der Waals surface area contributed by atoms with Gasteiger partial charge in [0, 0.05) is 12.1 Å². The van der Waals surface area contributed by atoms with Crippen molar-refractivity contribution in [2.75, 3.05) is 13.6 Å². The van der Waals surface area contributed by atoms with Crippen molar-refractivity contribution in [1.82, 2.24) is 4.90 Å². The summed E-state index contributed by atoms with van der Waals surface area (Å²) < 4.78 is 27.2. The molecule has 0 bridgehead atoms. The van der Waals surface area contributed by atoms with Crippen LogP contribution < -0.4 is 0 Å². The van der Waals surface area contributed by atoms with Crippen molar-refractivity contribution >= 4 is 12.0 Å². The summed E-state index contributed by atoms with van der Waals surface area (Å²) in [6.07, 6.45) is 2.01. The normalized spacial score (nSPS) is 17.2. The minimum Gasteiger partial charge on any atom is -0.483 e. The average molecular weight is 317 g/mol. The Hall–Kier alpha value is -2.53. The zero-order valence-electron chi connectivity index (χ0n) is 12.6. The van der Waals surface area contributed by atoms with E-state index >= 15 is 0 Å². The van der Waals surface area contributed by atoms with Crippen LogP contribution in [0.5, 0.6) is 0 Å². The molecule has 0 spiro atoms. The first-order valence-electron chi connectivity index (χ1n) is 7.06. The number of carbonyl (C=O) groups is 1. The largest absolute Gasteiger partial charge is 0.483 e. The van der Waals surface area contributed by atoms with Crippen LogP contribution in [-0.2, 0) is 4.79 Å². The number of rotatable bonds is 2. The molecule has 1 heterocycles. The van der Waals surface area contributed by atoms with Crippen molar-refractivity contribution in [3.05, 3.63) is 77.4 Å². The monoisotopic (exact) mass is 317 g/mol. The predicted octanol–water partition coefficient (Wildman–Crippen LogP) is 3.74. The minimum absolute atomic E-state index is 0.105. The van der Waals surface area contributed by atoms with E-state index in [1.54, 1.807) is 0 Å². The zero-order chi connectivity index (χ0) is 16.8. The Morgan fingerprint density at radius 2 is 1.83 bits per heavy atom. The van der Waals surface area contributed by atoms with E-state index in [1.807, 2.05) is 43.5 Å². The molecule has 0 fully saturated rings. The smallest absolute Gasteiger partial charge is 0.290 e. The van der Waals surface area contributed by atoms with E-state index in [9.17, 15) is 8.78 Å². The first kappa shape index (κ1) is 16.8. The Morgan fingerprint density at radius 3 is 2.48 bits per heavy atom. The molecular formula is C18H17F2NO2. The molecule has 2 aromatic carbocycles. The molecule has 1 aliphatic heterocycles. The van der Waals surface area contributed by atoms with Crippen molar-refractivity contribution < 1.29 is 18.7 Å². The summed E-state index contributed by atoms with van der Waals surface area (Å²) in [4.78, 5) is 10.5. The van der Waals surface area contributed by atoms with Crippen molar-refractivity contribution in [3.63, 3.8) is 0 Å². The van der Waals surface area contributed by atoms with Gasteiger partial charge in [-0.25, -0.2) is 8.78 Å². The van der Waals surface area contributed by atoms with E-state index in [4.69, 9.17) is 9.90 Å². The molecule has 1 atom stereocenters. The first-order valence-corrected chi connectivity index (χ1v) is 7.06. The molecule has 23 heavy (non-hydrogen) atoms. The molecule has 5 heteroatoms. The molecule has 2 aromatic rings. The molecule has 3 nitrogen and oxygen atoms in total. The summed E-state index contributed by atoms with van der Waals surface area (Å²) in [5.41, 5.74) is 2.34. The van der Waals surface area contributed by atoms with Crippen LogP contribution in [0.2, 0.25) is 0 Å². The number of hydrogen-bond acceptors (Lipinski definition) is 2. The summed E-state index contributed by atoms with van der Waals surface area (Å²) in [6, 6.07) is 13.7. The maximum atomic E-state index is 13.9. The van der Waals surface area contributed by atoms with Crippen LogP contribution in [0.15, 0.2) is 54.6 Å². The fraction of sp³-hybridized carbons (Fsp3) is 0.167. The molecule has 0 amide bonds. The van der Waals surface area contributed by atoms with E-state index in [0.29, 0.717) is 12.1 Å². The van der Waals surface area contributed by atoms with Crippen LogP contribution in [0, 0.1) is 11.6 Å². The number of hydrogen-bond donors (Lipinski definition) is 1. The van der Waals surface area contributed by atoms with Gasteiger partial charge in [0.2, 0.25) is 0 Å². The topological polar surface area (TPSA) is 40.5 Å². The van der Waals surface area contributed by atoms with Gasteiger partial charge in [-0.05, 0) is 36.4 Å². The molecule has 120 valence electrons. The Morgan fingerprint density at radius 1 is 1.17 bits per heavy atom. The maximum Gasteiger partial charge on any atom is 0.290 e. The molecule has 0 unspecified atom stereocenters. The van der Waals surface area contributed by atoms with Gasteiger partial charge in [0.1, 0.15) is 11.6 Å². The Bertz CT molecular complexity index is 701. The molecule has 0 saturated carbocycles. The van der Waals surface area contributed by atoms with Crippen LogP contribution >= 0.6 is 0 Å². The van der Waals surface area contributed by atoms with Gasteiger partial charge in [-0.3, -0.25) is 9.69 Å². The molecule has 0 aliphatic carbocycles. The average Bonchev–Trinajstić information content (AvgIpc) is 2.93. The van der Waals surface area contributed by atoms with Gasteiger partial charge in [0.15, 0.2) is 0 Å². The summed E-state index contributed by atoms with van der Waals surface area (Å²) in [5.74, 6) is -0.784. The summed E-state index contributed by atoms with van der Waals surface area (Å²) in [6.45, 7) is 0.361. The summed E-state index contributed by atoms with van der Waals surface area (Å²) >= 11 is 0. The predicted molar refractivity (Wildman–Crippen MR) is 84.8 cm³/mol. The van der Waals surface area contributed by atoms with E-state index in [-0.39, 0.29) is 18.3 Å². The van der Waals surface area contributed by atoms with Gasteiger partial charge in [-0.15, -0.1) is 0 Å². The quantitative estimate of drug-likeness (QED) is 0.858. The molecule has 3 rings (SSSR count). The van der Waals surface area contributed by atoms with E-state index < -0.39 is 5.82 Å². The van der Waals surface area contributed by atoms with Crippen LogP contribution in [0.3, 0.4) is 0 Å². The first-order chi connectivity index (χ1) is 11.1. The van der Waals surface area contributed by atoms with Crippen LogP contribution in [0.1, 0.15) is 17.2 Å². The summed E-state index contributed by atoms with van der Waals surface area (Å²) in [7, 11) is 1.98. The van der Waals surface area contributed by atoms with Gasteiger partial charge in [0.05, 0.1) is 6.04 Å². The van der Waals surface area contributed by atoms with Crippen LogP contribution in [0.25, 0.3) is 5.57 Å². The van der Waals surface area contributed by atoms with Gasteiger partial charge < -0.3 is 5.11 Å². The lowest BCUT2D eigenvalue weighted by Crippen LogP contribution is -2.19. The molecule has 0 radical (unpaired) electrons. The maximum absolute atomic E-state index is 13.9. The third kappa shape index (κ3) is 4.02. The number of halogens is 2. The lowest BCUT2D eigenvalue weighted by molar-refractivity contribution is -0.122. The van der Waals surface area contributed by atoms with E-state index in [0.717, 1.165) is 17.2 Å². The Kier molecular flexibility index (Phi) is 5.60. The van der Waals surface area contributed by atoms with Gasteiger partial charge >= 0.3 is 0 Å². The fourth-order valence-corrected chi connectivity index (χ4v) is 2.66. The van der Waals surface area contributed by atoms with E-state index in [1.165, 1.54) is 12.1 Å². The molecule has 1 N–H and O–H groups in total. The van der Waals surface area contributed by atoms with Crippen LogP contribution in [-0.4, -0.2) is 30.1 Å². The second-order valence-electron chi connectivity index (χ2n) is 5.19. The highest BCUT2D eigenvalue weighted by Crippen LogP contribution is 2.34. The Labute approximate surface area is 133 Å². The highest BCUT2D eigenvalue weighted by Gasteiger charge is 2.25. The zero-order valence-corrected chi connectivity index (χ0v) is 12.6. The van der Waals surface area contributed by atoms with E-state index in [2.05, 4.69) is 4.90 Å². The minimum atomic E-state index is -0.409. The third-order valence-corrected chi connectivity index (χ3v) is 3.67. The second kappa shape index (κ2) is 7.65. The number of likely N-dealkylation sites (N-methyl/N-ethyl adjacent to an activating group) is 1. The highest BCUT2D eigenvalue weighted by molar-refractivity contribution is 5.70. The van der Waals surface area contributed by atoms with Gasteiger partial charge in [-0.1, -0.05) is 36.4 Å². The highest BCUT2D eigenvalue weighted by atomic mass is 19.1. The fourth-order valence-electron chi connectivity index (χ4n) is 2.66. The lowest BCUT2D eigenvalue weighted by Gasteiger charge is -2.19. The van der Waals surface area contributed by atoms with Crippen LogP contribution in [0.4, 0.5) is 8.78 Å². The molecule has 1 aliphatic rings. The third-order valence-electron chi connectivity index (χ3n) is 3.67. The standard InChI is InChI=1S/C17H15F2N.CH2O2/c1-20-11-13(15-10-14(18)7-8-16(15)19)9-17(20)12-5-3-2-4-6-12;2-1-3/h2-10,17H,11H2,1H3;1H,(H,2,3)/t17-;/m0./s1. The second-order valence-corrected chi connectivity index (χ2v) is 5.19. The number of carboxylic acid groups (broad SMARTS) is 1. The van der Waals surface area contributed by atoms with Crippen molar-refractivity contribution in [1.29, 1.82) is 0 Å². The Balaban J connectivity index is 0.000000595. The van der Waals surface area contributed by atoms with Crippen molar-refractivity contribution in [2.24, 2.45) is 0 Å². The number of nitrogens with zero attached hydrogens (tertiary/aromatic N) is 1. The molecular weight excluding hydrogens is 300 g/mol. The SMILES string of the molecule is CN1CC(c2cc(F)ccc2F)=C[C@H]1c1ccccc1.O=CO. The molecule has 0 aromatic heterocycles. The van der Waals surface area contributed by atoms with Crippen molar-refractivity contribution in [3.8, 4) is 0 Å². The summed E-state index contributed by atoms with van der Waals surface area (Å²) in [5, 5.41) is 6.89. The number of benzene rings is 2. The van der Waals surface area contributed by atoms with Gasteiger partial charge in [-0.2, -0.15) is 0 Å². The van der Waals surface area contributed by atoms with Gasteiger partial charge in [0.25, 0.3) is 6.47 Å². The van der Waals surface area contributed by atoms with Crippen molar-refractivity contribution in [2.45, 2.75) is 6.04 Å². The lowest BCUT2D eigenvalue weighted by atomic mass is 10.0.